The highest BCUT2D eigenvalue weighted by molar-refractivity contribution is 5.86. The highest BCUT2D eigenvalue weighted by Gasteiger charge is 2.46. The van der Waals surface area contributed by atoms with Crippen molar-refractivity contribution >= 4 is 5.97 Å². The fourth-order valence-electron chi connectivity index (χ4n) is 4.81. The maximum absolute atomic E-state index is 13.3. The standard InChI is InChI=1S/C22H26N2O2/c25-21(26-18-14-23-16-24-15-18)22(12-6-7-13-22)20-11-5-4-10-19(20)17-8-2-1-3-9-17/h4-5,10-11,14-17H,1-3,6-9,12-13H2. The van der Waals surface area contributed by atoms with E-state index in [2.05, 4.69) is 34.2 Å². The van der Waals surface area contributed by atoms with Gasteiger partial charge < -0.3 is 4.74 Å². The van der Waals surface area contributed by atoms with Gasteiger partial charge in [-0.3, -0.25) is 4.79 Å². The zero-order valence-corrected chi connectivity index (χ0v) is 15.2. The summed E-state index contributed by atoms with van der Waals surface area (Å²) in [5.74, 6) is 0.859. The molecule has 0 bridgehead atoms. The second-order valence-corrected chi connectivity index (χ2v) is 7.68. The molecule has 1 aromatic heterocycles. The van der Waals surface area contributed by atoms with E-state index in [-0.39, 0.29) is 5.97 Å². The van der Waals surface area contributed by atoms with Crippen molar-refractivity contribution in [3.8, 4) is 5.75 Å². The number of aromatic nitrogens is 2. The third kappa shape index (κ3) is 3.25. The van der Waals surface area contributed by atoms with Crippen LogP contribution in [-0.4, -0.2) is 15.9 Å². The van der Waals surface area contributed by atoms with Crippen LogP contribution in [0, 0.1) is 0 Å². The maximum Gasteiger partial charge on any atom is 0.322 e. The van der Waals surface area contributed by atoms with Crippen LogP contribution in [0.2, 0.25) is 0 Å². The third-order valence-electron chi connectivity index (χ3n) is 6.12. The fourth-order valence-corrected chi connectivity index (χ4v) is 4.81. The molecule has 1 heterocycles. The van der Waals surface area contributed by atoms with Gasteiger partial charge in [0.05, 0.1) is 17.8 Å². The molecule has 26 heavy (non-hydrogen) atoms. The number of benzene rings is 1. The number of carbonyl (C=O) groups excluding carboxylic acids is 1. The van der Waals surface area contributed by atoms with Gasteiger partial charge in [0, 0.05) is 0 Å². The fraction of sp³-hybridized carbons (Fsp3) is 0.500. The number of hydrogen-bond donors (Lipinski definition) is 0. The van der Waals surface area contributed by atoms with Crippen molar-refractivity contribution in [2.45, 2.75) is 69.1 Å². The molecule has 136 valence electrons. The van der Waals surface area contributed by atoms with Crippen LogP contribution in [-0.2, 0) is 10.2 Å². The van der Waals surface area contributed by atoms with Crippen LogP contribution in [0.4, 0.5) is 0 Å². The first-order valence-corrected chi connectivity index (χ1v) is 9.86. The SMILES string of the molecule is O=C(Oc1cncnc1)C1(c2ccccc2C2CCCCC2)CCCC1. The molecule has 2 saturated carbocycles. The van der Waals surface area contributed by atoms with Crippen molar-refractivity contribution in [2.24, 2.45) is 0 Å². The first-order chi connectivity index (χ1) is 12.8. The lowest BCUT2D eigenvalue weighted by molar-refractivity contribution is -0.140. The summed E-state index contributed by atoms with van der Waals surface area (Å²) in [5.41, 5.74) is 2.05. The van der Waals surface area contributed by atoms with E-state index in [1.54, 1.807) is 12.4 Å². The highest BCUT2D eigenvalue weighted by atomic mass is 16.5. The van der Waals surface area contributed by atoms with Gasteiger partial charge in [0.1, 0.15) is 6.33 Å². The number of nitrogens with zero attached hydrogens (tertiary/aromatic N) is 2. The quantitative estimate of drug-likeness (QED) is 0.733. The Hall–Kier alpha value is -2.23. The van der Waals surface area contributed by atoms with E-state index in [0.29, 0.717) is 11.7 Å². The van der Waals surface area contributed by atoms with Crippen molar-refractivity contribution in [2.75, 3.05) is 0 Å². The van der Waals surface area contributed by atoms with Gasteiger partial charge in [0.15, 0.2) is 5.75 Å². The largest absolute Gasteiger partial charge is 0.423 e. The molecule has 0 atom stereocenters. The molecular weight excluding hydrogens is 324 g/mol. The average molecular weight is 350 g/mol. The van der Waals surface area contributed by atoms with Crippen LogP contribution in [0.5, 0.6) is 5.75 Å². The van der Waals surface area contributed by atoms with Gasteiger partial charge in [-0.1, -0.05) is 56.4 Å². The first-order valence-electron chi connectivity index (χ1n) is 9.86. The summed E-state index contributed by atoms with van der Waals surface area (Å²) in [6.07, 6.45) is 14.8. The van der Waals surface area contributed by atoms with Crippen LogP contribution in [0.1, 0.15) is 74.8 Å². The molecule has 0 unspecified atom stereocenters. The third-order valence-corrected chi connectivity index (χ3v) is 6.12. The monoisotopic (exact) mass is 350 g/mol. The van der Waals surface area contributed by atoms with E-state index < -0.39 is 5.41 Å². The molecule has 4 heteroatoms. The lowest BCUT2D eigenvalue weighted by Gasteiger charge is -2.33. The number of ether oxygens (including phenoxy) is 1. The van der Waals surface area contributed by atoms with Crippen molar-refractivity contribution in [3.63, 3.8) is 0 Å². The van der Waals surface area contributed by atoms with E-state index in [0.717, 1.165) is 25.7 Å². The van der Waals surface area contributed by atoms with E-state index in [4.69, 9.17) is 4.74 Å². The maximum atomic E-state index is 13.3. The molecule has 2 aliphatic rings. The Kier molecular flexibility index (Phi) is 5.00. The molecule has 0 aliphatic heterocycles. The Morgan fingerprint density at radius 3 is 2.38 bits per heavy atom. The Morgan fingerprint density at radius 1 is 0.962 bits per heavy atom. The Balaban J connectivity index is 1.69. The molecule has 2 fully saturated rings. The predicted octanol–water partition coefficient (Wildman–Crippen LogP) is 4.94. The minimum Gasteiger partial charge on any atom is -0.423 e. The van der Waals surface area contributed by atoms with E-state index in [9.17, 15) is 4.79 Å². The van der Waals surface area contributed by atoms with Gasteiger partial charge in [-0.05, 0) is 42.7 Å². The summed E-state index contributed by atoms with van der Waals surface area (Å²) in [4.78, 5) is 21.2. The summed E-state index contributed by atoms with van der Waals surface area (Å²) >= 11 is 0. The highest BCUT2D eigenvalue weighted by Crippen LogP contribution is 2.46. The summed E-state index contributed by atoms with van der Waals surface area (Å²) in [7, 11) is 0. The summed E-state index contributed by atoms with van der Waals surface area (Å²) in [6, 6.07) is 8.59. The molecule has 0 radical (unpaired) electrons. The minimum absolute atomic E-state index is 0.145. The minimum atomic E-state index is -0.524. The Bertz CT molecular complexity index is 748. The topological polar surface area (TPSA) is 52.1 Å². The average Bonchev–Trinajstić information content (AvgIpc) is 3.21. The number of esters is 1. The van der Waals surface area contributed by atoms with Crippen molar-refractivity contribution in [1.29, 1.82) is 0 Å². The summed E-state index contributed by atoms with van der Waals surface area (Å²) in [6.45, 7) is 0. The molecule has 2 aromatic rings. The number of rotatable bonds is 4. The summed E-state index contributed by atoms with van der Waals surface area (Å²) < 4.78 is 5.73. The zero-order chi connectivity index (χ0) is 17.8. The molecule has 1 aromatic carbocycles. The van der Waals surface area contributed by atoms with Crippen LogP contribution in [0.25, 0.3) is 0 Å². The van der Waals surface area contributed by atoms with Crippen molar-refractivity contribution in [3.05, 3.63) is 54.1 Å². The Labute approximate surface area is 155 Å². The van der Waals surface area contributed by atoms with Gasteiger partial charge in [-0.2, -0.15) is 0 Å². The Morgan fingerprint density at radius 2 is 1.65 bits per heavy atom. The lowest BCUT2D eigenvalue weighted by Crippen LogP contribution is -2.38. The molecule has 4 rings (SSSR count). The zero-order valence-electron chi connectivity index (χ0n) is 15.2. The van der Waals surface area contributed by atoms with Gasteiger partial charge in [0.2, 0.25) is 0 Å². The normalized spacial score (nSPS) is 20.0. The van der Waals surface area contributed by atoms with Crippen LogP contribution in [0.15, 0.2) is 43.0 Å². The lowest BCUT2D eigenvalue weighted by atomic mass is 9.72. The molecule has 0 amide bonds. The van der Waals surface area contributed by atoms with Crippen LogP contribution in [0.3, 0.4) is 0 Å². The predicted molar refractivity (Wildman–Crippen MR) is 100 cm³/mol. The second-order valence-electron chi connectivity index (χ2n) is 7.68. The number of carbonyl (C=O) groups is 1. The molecule has 4 nitrogen and oxygen atoms in total. The van der Waals surface area contributed by atoms with Gasteiger partial charge >= 0.3 is 5.97 Å². The molecule has 0 saturated heterocycles. The van der Waals surface area contributed by atoms with E-state index in [1.807, 2.05) is 0 Å². The van der Waals surface area contributed by atoms with Crippen molar-refractivity contribution in [1.82, 2.24) is 9.97 Å². The molecule has 2 aliphatic carbocycles. The smallest absolute Gasteiger partial charge is 0.322 e. The van der Waals surface area contributed by atoms with Gasteiger partial charge in [-0.15, -0.1) is 0 Å². The molecule has 0 N–H and O–H groups in total. The molecular formula is C22H26N2O2. The van der Waals surface area contributed by atoms with Crippen LogP contribution >= 0.6 is 0 Å². The second kappa shape index (κ2) is 7.56. The number of hydrogen-bond acceptors (Lipinski definition) is 4. The van der Waals surface area contributed by atoms with Gasteiger partial charge in [-0.25, -0.2) is 9.97 Å². The summed E-state index contributed by atoms with van der Waals surface area (Å²) in [5, 5.41) is 0. The first kappa shape index (κ1) is 17.2. The van der Waals surface area contributed by atoms with Gasteiger partial charge in [0.25, 0.3) is 0 Å². The van der Waals surface area contributed by atoms with Crippen LogP contribution < -0.4 is 4.74 Å². The van der Waals surface area contributed by atoms with Crippen molar-refractivity contribution < 1.29 is 9.53 Å². The molecule has 0 spiro atoms. The van der Waals surface area contributed by atoms with E-state index in [1.165, 1.54) is 49.6 Å². The van der Waals surface area contributed by atoms with E-state index >= 15 is 0 Å².